The topological polar surface area (TPSA) is 52.0 Å². The average Bonchev–Trinajstić information content (AvgIpc) is 2.97. The number of hydrogen-bond acceptors (Lipinski definition) is 4. The Morgan fingerprint density at radius 2 is 2.05 bits per heavy atom. The highest BCUT2D eigenvalue weighted by Gasteiger charge is 2.25. The zero-order chi connectivity index (χ0) is 14.4. The Hall–Kier alpha value is -1.72. The molecule has 0 aliphatic carbocycles. The highest BCUT2D eigenvalue weighted by Crippen LogP contribution is 2.23. The Morgan fingerprint density at radius 1 is 1.30 bits per heavy atom. The predicted octanol–water partition coefficient (Wildman–Crippen LogP) is 2.34. The molecule has 0 saturated heterocycles. The minimum absolute atomic E-state index is 0.0650. The zero-order valence-electron chi connectivity index (χ0n) is 12.3. The van der Waals surface area contributed by atoms with Crippen LogP contribution in [-0.2, 0) is 4.74 Å². The quantitative estimate of drug-likeness (QED) is 0.842. The van der Waals surface area contributed by atoms with Crippen molar-refractivity contribution in [3.63, 3.8) is 0 Å². The molecule has 2 unspecified atom stereocenters. The molecule has 1 N–H and O–H groups in total. The molecule has 0 saturated carbocycles. The zero-order valence-corrected chi connectivity index (χ0v) is 12.3. The smallest absolute Gasteiger partial charge is 0.0841 e. The minimum atomic E-state index is 0.0650. The van der Waals surface area contributed by atoms with Crippen molar-refractivity contribution >= 4 is 0 Å². The third-order valence-corrected chi connectivity index (χ3v) is 3.45. The monoisotopic (exact) mass is 274 g/mol. The Morgan fingerprint density at radius 3 is 2.65 bits per heavy atom. The number of nitrogens with one attached hydrogen (secondary N) is 1. The molecular formula is C15H22N4O. The van der Waals surface area contributed by atoms with Crippen molar-refractivity contribution < 1.29 is 4.74 Å². The van der Waals surface area contributed by atoms with Crippen LogP contribution in [0.5, 0.6) is 0 Å². The van der Waals surface area contributed by atoms with Gasteiger partial charge in [-0.15, -0.1) is 5.10 Å². The van der Waals surface area contributed by atoms with Crippen LogP contribution in [0.4, 0.5) is 0 Å². The number of ether oxygens (including phenoxy) is 1. The highest BCUT2D eigenvalue weighted by molar-refractivity contribution is 5.32. The fourth-order valence-corrected chi connectivity index (χ4v) is 2.45. The van der Waals surface area contributed by atoms with Crippen molar-refractivity contribution in [2.24, 2.45) is 0 Å². The van der Waals surface area contributed by atoms with Gasteiger partial charge in [0.15, 0.2) is 0 Å². The second-order valence-corrected chi connectivity index (χ2v) is 4.74. The Kier molecular flexibility index (Phi) is 5.26. The molecule has 0 aliphatic heterocycles. The lowest BCUT2D eigenvalue weighted by Gasteiger charge is -2.25. The van der Waals surface area contributed by atoms with Crippen LogP contribution >= 0.6 is 0 Å². The molecule has 5 heteroatoms. The molecule has 0 radical (unpaired) electrons. The Bertz CT molecular complexity index is 512. The summed E-state index contributed by atoms with van der Waals surface area (Å²) in [5.74, 6) is 0. The van der Waals surface area contributed by atoms with Crippen LogP contribution < -0.4 is 5.32 Å². The first kappa shape index (κ1) is 14.7. The summed E-state index contributed by atoms with van der Waals surface area (Å²) in [5, 5.41) is 11.6. The molecule has 2 rings (SSSR count). The molecule has 2 atom stereocenters. The maximum absolute atomic E-state index is 5.63. The summed E-state index contributed by atoms with van der Waals surface area (Å²) in [5.41, 5.74) is 2.02. The van der Waals surface area contributed by atoms with Crippen LogP contribution in [0.3, 0.4) is 0 Å². The molecule has 1 aromatic carbocycles. The summed E-state index contributed by atoms with van der Waals surface area (Å²) in [4.78, 5) is 0. The summed E-state index contributed by atoms with van der Waals surface area (Å²) in [6.45, 7) is 2.16. The van der Waals surface area contributed by atoms with Gasteiger partial charge in [0.05, 0.1) is 29.7 Å². The van der Waals surface area contributed by atoms with Crippen LogP contribution in [0, 0.1) is 0 Å². The fourth-order valence-electron chi connectivity index (χ4n) is 2.45. The summed E-state index contributed by atoms with van der Waals surface area (Å²) in [7, 11) is 3.69. The van der Waals surface area contributed by atoms with Crippen molar-refractivity contribution in [3.05, 3.63) is 42.2 Å². The van der Waals surface area contributed by atoms with Gasteiger partial charge in [-0.25, -0.2) is 4.68 Å². The van der Waals surface area contributed by atoms with Crippen LogP contribution in [0.2, 0.25) is 0 Å². The highest BCUT2D eigenvalue weighted by atomic mass is 16.5. The van der Waals surface area contributed by atoms with Gasteiger partial charge in [-0.1, -0.05) is 36.8 Å². The van der Waals surface area contributed by atoms with E-state index in [0.717, 1.165) is 24.2 Å². The van der Waals surface area contributed by atoms with Crippen molar-refractivity contribution in [2.45, 2.75) is 31.9 Å². The minimum Gasteiger partial charge on any atom is -0.379 e. The van der Waals surface area contributed by atoms with E-state index in [2.05, 4.69) is 22.6 Å². The van der Waals surface area contributed by atoms with E-state index in [-0.39, 0.29) is 12.1 Å². The lowest BCUT2D eigenvalue weighted by molar-refractivity contribution is 0.0610. The lowest BCUT2D eigenvalue weighted by atomic mass is 10.0. The number of likely N-dealkylation sites (N-methyl/N-ethyl adjacent to an activating group) is 1. The van der Waals surface area contributed by atoms with Crippen LogP contribution in [0.25, 0.3) is 5.69 Å². The van der Waals surface area contributed by atoms with Crippen molar-refractivity contribution in [1.82, 2.24) is 20.3 Å². The number of benzene rings is 1. The second-order valence-electron chi connectivity index (χ2n) is 4.74. The van der Waals surface area contributed by atoms with E-state index in [1.807, 2.05) is 42.1 Å². The van der Waals surface area contributed by atoms with E-state index in [0.29, 0.717) is 0 Å². The first-order chi connectivity index (χ1) is 9.81. The molecule has 1 aromatic heterocycles. The Balaban J connectivity index is 2.34. The molecule has 5 nitrogen and oxygen atoms in total. The van der Waals surface area contributed by atoms with Gasteiger partial charge in [0, 0.05) is 7.11 Å². The van der Waals surface area contributed by atoms with Gasteiger partial charge in [0.25, 0.3) is 0 Å². The van der Waals surface area contributed by atoms with Gasteiger partial charge in [0.2, 0.25) is 0 Å². The van der Waals surface area contributed by atoms with E-state index in [4.69, 9.17) is 4.74 Å². The van der Waals surface area contributed by atoms with Crippen molar-refractivity contribution in [3.8, 4) is 5.69 Å². The maximum atomic E-state index is 5.63. The van der Waals surface area contributed by atoms with Gasteiger partial charge in [-0.3, -0.25) is 0 Å². The van der Waals surface area contributed by atoms with Gasteiger partial charge in [-0.2, -0.15) is 0 Å². The molecule has 0 aliphatic rings. The van der Waals surface area contributed by atoms with Gasteiger partial charge >= 0.3 is 0 Å². The van der Waals surface area contributed by atoms with E-state index in [9.17, 15) is 0 Å². The van der Waals surface area contributed by atoms with Gasteiger partial charge < -0.3 is 10.1 Å². The van der Waals surface area contributed by atoms with E-state index in [1.54, 1.807) is 13.3 Å². The number of nitrogens with zero attached hydrogens (tertiary/aromatic N) is 3. The molecule has 2 aromatic rings. The molecule has 0 amide bonds. The van der Waals surface area contributed by atoms with Crippen LogP contribution in [0.1, 0.15) is 31.5 Å². The molecule has 20 heavy (non-hydrogen) atoms. The average molecular weight is 274 g/mol. The molecule has 0 bridgehead atoms. The van der Waals surface area contributed by atoms with Gasteiger partial charge in [0.1, 0.15) is 0 Å². The number of methoxy groups -OCH3 is 1. The number of hydrogen-bond donors (Lipinski definition) is 1. The molecular weight excluding hydrogens is 252 g/mol. The maximum Gasteiger partial charge on any atom is 0.0841 e. The number of rotatable bonds is 7. The molecule has 1 heterocycles. The van der Waals surface area contributed by atoms with Crippen LogP contribution in [-0.4, -0.2) is 35.3 Å². The SMILES string of the molecule is CCCC(OC)C(NC)c1cnnn1-c1ccccc1. The lowest BCUT2D eigenvalue weighted by Crippen LogP contribution is -2.32. The van der Waals surface area contributed by atoms with E-state index < -0.39 is 0 Å². The number of aromatic nitrogens is 3. The van der Waals surface area contributed by atoms with Crippen LogP contribution in [0.15, 0.2) is 36.5 Å². The molecule has 0 fully saturated rings. The molecule has 108 valence electrons. The standard InChI is InChI=1S/C15H22N4O/c1-4-8-14(20-3)15(16-2)13-11-17-18-19(13)12-9-6-5-7-10-12/h5-7,9-11,14-16H,4,8H2,1-3H3. The first-order valence-electron chi connectivity index (χ1n) is 6.97. The largest absolute Gasteiger partial charge is 0.379 e. The number of para-hydroxylation sites is 1. The fraction of sp³-hybridized carbons (Fsp3) is 0.467. The Labute approximate surface area is 120 Å². The summed E-state index contributed by atoms with van der Waals surface area (Å²) in [6.07, 6.45) is 3.97. The summed E-state index contributed by atoms with van der Waals surface area (Å²) >= 11 is 0. The molecule has 0 spiro atoms. The van der Waals surface area contributed by atoms with E-state index in [1.165, 1.54) is 0 Å². The third kappa shape index (κ3) is 3.05. The van der Waals surface area contributed by atoms with Crippen molar-refractivity contribution in [2.75, 3.05) is 14.2 Å². The van der Waals surface area contributed by atoms with Crippen molar-refractivity contribution in [1.29, 1.82) is 0 Å². The normalized spacial score (nSPS) is 14.2. The predicted molar refractivity (Wildman–Crippen MR) is 78.9 cm³/mol. The van der Waals surface area contributed by atoms with E-state index >= 15 is 0 Å². The van der Waals surface area contributed by atoms with Gasteiger partial charge in [-0.05, 0) is 25.6 Å². The summed E-state index contributed by atoms with van der Waals surface area (Å²) in [6, 6.07) is 10.1. The second kappa shape index (κ2) is 7.17. The summed E-state index contributed by atoms with van der Waals surface area (Å²) < 4.78 is 7.49. The third-order valence-electron chi connectivity index (χ3n) is 3.45. The first-order valence-corrected chi connectivity index (χ1v) is 6.97.